The minimum atomic E-state index is -0.388. The Morgan fingerprint density at radius 1 is 1.62 bits per heavy atom. The average Bonchev–Trinajstić information content (AvgIpc) is 2.16. The van der Waals surface area contributed by atoms with Gasteiger partial charge < -0.3 is 16.8 Å². The number of rotatable bonds is 5. The van der Waals surface area contributed by atoms with Crippen LogP contribution in [0.1, 0.15) is 18.9 Å². The van der Waals surface area contributed by atoms with Gasteiger partial charge in [-0.05, 0) is 13.0 Å². The Morgan fingerprint density at radius 2 is 2.31 bits per heavy atom. The first-order chi connectivity index (χ1) is 7.50. The van der Waals surface area contributed by atoms with E-state index in [4.69, 9.17) is 23.7 Å². The molecule has 0 aliphatic rings. The lowest BCUT2D eigenvalue weighted by atomic mass is 10.2. The van der Waals surface area contributed by atoms with Gasteiger partial charge in [0, 0.05) is 12.5 Å². The van der Waals surface area contributed by atoms with Crippen LogP contribution in [0.25, 0.3) is 0 Å². The molecule has 0 aliphatic carbocycles. The molecule has 0 fully saturated rings. The SMILES string of the molecule is CC(CC(N)=O)Nc1nnccc1C(N)=S. The lowest BCUT2D eigenvalue weighted by molar-refractivity contribution is -0.118. The van der Waals surface area contributed by atoms with E-state index < -0.39 is 0 Å². The van der Waals surface area contributed by atoms with Crippen molar-refractivity contribution in [3.63, 3.8) is 0 Å². The van der Waals surface area contributed by atoms with Crippen LogP contribution in [0.3, 0.4) is 0 Å². The average molecular weight is 239 g/mol. The molecule has 1 rings (SSSR count). The number of amides is 1. The van der Waals surface area contributed by atoms with E-state index in [0.29, 0.717) is 11.4 Å². The summed E-state index contributed by atoms with van der Waals surface area (Å²) in [5, 5.41) is 10.6. The third-order valence-corrected chi connectivity index (χ3v) is 2.10. The molecule has 1 aromatic heterocycles. The van der Waals surface area contributed by atoms with Crippen LogP contribution in [0, 0.1) is 0 Å². The maximum Gasteiger partial charge on any atom is 0.219 e. The zero-order chi connectivity index (χ0) is 12.1. The van der Waals surface area contributed by atoms with Gasteiger partial charge in [-0.2, -0.15) is 5.10 Å². The number of primary amides is 1. The largest absolute Gasteiger partial charge is 0.389 e. The maximum atomic E-state index is 10.7. The quantitative estimate of drug-likeness (QED) is 0.614. The third-order valence-electron chi connectivity index (χ3n) is 1.88. The second kappa shape index (κ2) is 5.36. The van der Waals surface area contributed by atoms with E-state index in [0.717, 1.165) is 0 Å². The Labute approximate surface area is 98.4 Å². The highest BCUT2D eigenvalue weighted by Crippen LogP contribution is 2.11. The minimum Gasteiger partial charge on any atom is -0.389 e. The van der Waals surface area contributed by atoms with E-state index in [-0.39, 0.29) is 23.4 Å². The van der Waals surface area contributed by atoms with Gasteiger partial charge >= 0.3 is 0 Å². The van der Waals surface area contributed by atoms with Gasteiger partial charge in [0.15, 0.2) is 5.82 Å². The number of nitrogens with one attached hydrogen (secondary N) is 1. The monoisotopic (exact) mass is 239 g/mol. The second-order valence-electron chi connectivity index (χ2n) is 3.37. The predicted octanol–water partition coefficient (Wildman–Crippen LogP) is -0.213. The summed E-state index contributed by atoms with van der Waals surface area (Å²) in [4.78, 5) is 10.9. The van der Waals surface area contributed by atoms with Gasteiger partial charge in [-0.3, -0.25) is 4.79 Å². The molecule has 1 heterocycles. The molecule has 5 N–H and O–H groups in total. The fourth-order valence-corrected chi connectivity index (χ4v) is 1.39. The van der Waals surface area contributed by atoms with Gasteiger partial charge in [0.25, 0.3) is 0 Å². The zero-order valence-corrected chi connectivity index (χ0v) is 9.62. The van der Waals surface area contributed by atoms with Crippen LogP contribution in [0.15, 0.2) is 12.3 Å². The minimum absolute atomic E-state index is 0.151. The number of carbonyl (C=O) groups is 1. The molecule has 1 atom stereocenters. The molecule has 0 aromatic carbocycles. The summed E-state index contributed by atoms with van der Waals surface area (Å²) in [5.74, 6) is 0.0736. The lowest BCUT2D eigenvalue weighted by Gasteiger charge is -2.14. The fourth-order valence-electron chi connectivity index (χ4n) is 1.22. The Hall–Kier alpha value is -1.76. The molecule has 6 nitrogen and oxygen atoms in total. The van der Waals surface area contributed by atoms with Crippen LogP contribution in [0.2, 0.25) is 0 Å². The van der Waals surface area contributed by atoms with E-state index >= 15 is 0 Å². The van der Waals surface area contributed by atoms with Gasteiger partial charge in [-0.25, -0.2) is 0 Å². The number of anilines is 1. The first-order valence-electron chi connectivity index (χ1n) is 4.67. The first-order valence-corrected chi connectivity index (χ1v) is 5.08. The number of thiocarbonyl (C=S) groups is 1. The summed E-state index contributed by atoms with van der Waals surface area (Å²) in [6.45, 7) is 1.81. The molecule has 0 radical (unpaired) electrons. The van der Waals surface area contributed by atoms with Crippen LogP contribution in [-0.4, -0.2) is 27.1 Å². The van der Waals surface area contributed by atoms with Crippen molar-refractivity contribution >= 4 is 28.9 Å². The van der Waals surface area contributed by atoms with Crippen molar-refractivity contribution in [3.8, 4) is 0 Å². The van der Waals surface area contributed by atoms with Gasteiger partial charge in [0.05, 0.1) is 11.8 Å². The van der Waals surface area contributed by atoms with E-state index in [1.807, 2.05) is 6.92 Å². The molecule has 1 amide bonds. The number of hydrogen-bond acceptors (Lipinski definition) is 5. The van der Waals surface area contributed by atoms with E-state index in [2.05, 4.69) is 15.5 Å². The third kappa shape index (κ3) is 3.43. The highest BCUT2D eigenvalue weighted by Gasteiger charge is 2.11. The molecule has 16 heavy (non-hydrogen) atoms. The molecule has 1 aromatic rings. The summed E-state index contributed by atoms with van der Waals surface area (Å²) >= 11 is 4.87. The van der Waals surface area contributed by atoms with Gasteiger partial charge in [0.1, 0.15) is 4.99 Å². The Bertz CT molecular complexity index is 409. The van der Waals surface area contributed by atoms with Crippen molar-refractivity contribution in [2.24, 2.45) is 11.5 Å². The van der Waals surface area contributed by atoms with Crippen molar-refractivity contribution in [3.05, 3.63) is 17.8 Å². The molecular formula is C9H13N5OS. The summed E-state index contributed by atoms with van der Waals surface area (Å²) in [5.41, 5.74) is 11.2. The van der Waals surface area contributed by atoms with E-state index in [1.165, 1.54) is 6.20 Å². The Morgan fingerprint density at radius 3 is 2.88 bits per heavy atom. The van der Waals surface area contributed by atoms with Crippen LogP contribution < -0.4 is 16.8 Å². The maximum absolute atomic E-state index is 10.7. The van der Waals surface area contributed by atoms with E-state index in [9.17, 15) is 4.79 Å². The van der Waals surface area contributed by atoms with Gasteiger partial charge in [-0.15, -0.1) is 5.10 Å². The molecule has 0 aliphatic heterocycles. The number of nitrogens with two attached hydrogens (primary N) is 2. The highest BCUT2D eigenvalue weighted by atomic mass is 32.1. The Kier molecular flexibility index (Phi) is 4.12. The van der Waals surface area contributed by atoms with Crippen molar-refractivity contribution < 1.29 is 4.79 Å². The van der Waals surface area contributed by atoms with Crippen molar-refractivity contribution in [2.45, 2.75) is 19.4 Å². The summed E-state index contributed by atoms with van der Waals surface area (Å²) in [6.07, 6.45) is 1.70. The number of carbonyl (C=O) groups excluding carboxylic acids is 1. The molecule has 0 saturated heterocycles. The number of hydrogen-bond donors (Lipinski definition) is 3. The standard InChI is InChI=1S/C9H13N5OS/c1-5(4-7(10)15)13-9-6(8(11)16)2-3-12-14-9/h2-3,5H,4H2,1H3,(H2,10,15)(H2,11,16)(H,13,14). The van der Waals surface area contributed by atoms with Crippen LogP contribution in [0.5, 0.6) is 0 Å². The summed E-state index contributed by atoms with van der Waals surface area (Å²) in [6, 6.07) is 1.51. The Balaban J connectivity index is 2.80. The fraction of sp³-hybridized carbons (Fsp3) is 0.333. The topological polar surface area (TPSA) is 107 Å². The van der Waals surface area contributed by atoms with Crippen LogP contribution >= 0.6 is 12.2 Å². The van der Waals surface area contributed by atoms with Gasteiger partial charge in [0.2, 0.25) is 5.91 Å². The smallest absolute Gasteiger partial charge is 0.219 e. The molecule has 0 spiro atoms. The van der Waals surface area contributed by atoms with Crippen molar-refractivity contribution in [1.82, 2.24) is 10.2 Å². The van der Waals surface area contributed by atoms with Crippen molar-refractivity contribution in [2.75, 3.05) is 5.32 Å². The number of aromatic nitrogens is 2. The van der Waals surface area contributed by atoms with Crippen LogP contribution in [0.4, 0.5) is 5.82 Å². The highest BCUT2D eigenvalue weighted by molar-refractivity contribution is 7.80. The van der Waals surface area contributed by atoms with Crippen LogP contribution in [-0.2, 0) is 4.79 Å². The van der Waals surface area contributed by atoms with Gasteiger partial charge in [-0.1, -0.05) is 12.2 Å². The molecule has 86 valence electrons. The second-order valence-corrected chi connectivity index (χ2v) is 3.81. The summed E-state index contributed by atoms with van der Waals surface area (Å²) < 4.78 is 0. The molecule has 0 saturated carbocycles. The molecule has 1 unspecified atom stereocenters. The lowest BCUT2D eigenvalue weighted by Crippen LogP contribution is -2.26. The zero-order valence-electron chi connectivity index (χ0n) is 8.80. The number of nitrogens with zero attached hydrogens (tertiary/aromatic N) is 2. The van der Waals surface area contributed by atoms with Crippen molar-refractivity contribution in [1.29, 1.82) is 0 Å². The molecular weight excluding hydrogens is 226 g/mol. The first kappa shape index (κ1) is 12.3. The molecule has 0 bridgehead atoms. The predicted molar refractivity (Wildman–Crippen MR) is 64.8 cm³/mol. The molecule has 7 heteroatoms. The summed E-state index contributed by atoms with van der Waals surface area (Å²) in [7, 11) is 0. The van der Waals surface area contributed by atoms with E-state index in [1.54, 1.807) is 6.07 Å². The normalized spacial score (nSPS) is 11.8.